The summed E-state index contributed by atoms with van der Waals surface area (Å²) in [5, 5.41) is 6.45. The summed E-state index contributed by atoms with van der Waals surface area (Å²) in [5.74, 6) is 0. The molecule has 1 unspecified atom stereocenters. The van der Waals surface area contributed by atoms with E-state index < -0.39 is 0 Å². The van der Waals surface area contributed by atoms with Crippen molar-refractivity contribution in [3.05, 3.63) is 49.2 Å². The Bertz CT molecular complexity index is 378. The second kappa shape index (κ2) is 6.92. The van der Waals surface area contributed by atoms with E-state index in [0.717, 1.165) is 24.1 Å². The molecule has 0 bridgehead atoms. The van der Waals surface area contributed by atoms with E-state index >= 15 is 0 Å². The minimum absolute atomic E-state index is 0.485. The second-order valence-corrected chi connectivity index (χ2v) is 4.10. The van der Waals surface area contributed by atoms with Crippen LogP contribution in [0.25, 0.3) is 5.57 Å². The summed E-state index contributed by atoms with van der Waals surface area (Å²) in [7, 11) is 2.00. The van der Waals surface area contributed by atoms with Crippen molar-refractivity contribution >= 4 is 11.3 Å². The normalized spacial score (nSPS) is 11.9. The molecule has 2 nitrogen and oxygen atoms in total. The monoisotopic (exact) mass is 230 g/mol. The van der Waals surface area contributed by atoms with Crippen LogP contribution in [0.15, 0.2) is 43.6 Å². The predicted molar refractivity (Wildman–Crippen MR) is 77.1 cm³/mol. The van der Waals surface area contributed by atoms with E-state index in [2.05, 4.69) is 36.8 Å². The van der Waals surface area contributed by atoms with Gasteiger partial charge in [0.15, 0.2) is 0 Å². The third-order valence-electron chi connectivity index (χ3n) is 2.96. The van der Waals surface area contributed by atoms with Gasteiger partial charge in [-0.3, -0.25) is 0 Å². The van der Waals surface area contributed by atoms with Gasteiger partial charge in [0, 0.05) is 17.3 Å². The molecule has 0 saturated heterocycles. The average Bonchev–Trinajstić information content (AvgIpc) is 2.36. The Morgan fingerprint density at radius 1 is 1.41 bits per heavy atom. The van der Waals surface area contributed by atoms with Crippen molar-refractivity contribution in [2.75, 3.05) is 12.4 Å². The van der Waals surface area contributed by atoms with Crippen molar-refractivity contribution in [3.8, 4) is 0 Å². The first-order valence-electron chi connectivity index (χ1n) is 6.04. The fraction of sp³-hybridized carbons (Fsp3) is 0.333. The van der Waals surface area contributed by atoms with Gasteiger partial charge in [-0.25, -0.2) is 0 Å². The van der Waals surface area contributed by atoms with Crippen LogP contribution in [-0.4, -0.2) is 13.1 Å². The van der Waals surface area contributed by atoms with E-state index in [0.29, 0.717) is 6.04 Å². The summed E-state index contributed by atoms with van der Waals surface area (Å²) < 4.78 is 0. The molecule has 1 atom stereocenters. The summed E-state index contributed by atoms with van der Waals surface area (Å²) in [6, 6.07) is 8.67. The van der Waals surface area contributed by atoms with Crippen molar-refractivity contribution in [3.63, 3.8) is 0 Å². The molecule has 0 heterocycles. The maximum Gasteiger partial charge on any atom is 0.0455 e. The van der Waals surface area contributed by atoms with Crippen LogP contribution >= 0.6 is 0 Å². The molecule has 0 amide bonds. The van der Waals surface area contributed by atoms with E-state index in [1.165, 1.54) is 5.56 Å². The molecular weight excluding hydrogens is 208 g/mol. The van der Waals surface area contributed by atoms with Gasteiger partial charge in [0.1, 0.15) is 0 Å². The standard InChI is InChI=1S/C15H22N2/c1-5-13(16-4)11-12(3)14-9-7-8-10-15(14)17-6-2/h6-10,13,16-17H,2-3,5,11H2,1,4H3. The van der Waals surface area contributed by atoms with E-state index in [1.54, 1.807) is 6.20 Å². The van der Waals surface area contributed by atoms with Crippen molar-refractivity contribution in [1.29, 1.82) is 0 Å². The quantitative estimate of drug-likeness (QED) is 0.747. The third-order valence-corrected chi connectivity index (χ3v) is 2.96. The van der Waals surface area contributed by atoms with Gasteiger partial charge in [-0.05, 0) is 37.7 Å². The number of rotatable bonds is 7. The molecule has 0 spiro atoms. The summed E-state index contributed by atoms with van der Waals surface area (Å²) in [4.78, 5) is 0. The second-order valence-electron chi connectivity index (χ2n) is 4.10. The summed E-state index contributed by atoms with van der Waals surface area (Å²) in [6.07, 6.45) is 3.76. The van der Waals surface area contributed by atoms with Gasteiger partial charge in [0.25, 0.3) is 0 Å². The SMILES string of the molecule is C=CNc1ccccc1C(=C)CC(CC)NC. The van der Waals surface area contributed by atoms with Crippen LogP contribution in [-0.2, 0) is 0 Å². The maximum atomic E-state index is 4.19. The van der Waals surface area contributed by atoms with E-state index in [9.17, 15) is 0 Å². The number of hydrogen-bond donors (Lipinski definition) is 2. The van der Waals surface area contributed by atoms with E-state index in [-0.39, 0.29) is 0 Å². The molecule has 1 aromatic carbocycles. The minimum Gasteiger partial charge on any atom is -0.362 e. The Morgan fingerprint density at radius 3 is 2.71 bits per heavy atom. The number of benzene rings is 1. The molecule has 2 N–H and O–H groups in total. The lowest BCUT2D eigenvalue weighted by Crippen LogP contribution is -2.24. The van der Waals surface area contributed by atoms with Crippen molar-refractivity contribution in [1.82, 2.24) is 5.32 Å². The highest BCUT2D eigenvalue weighted by Gasteiger charge is 2.09. The third kappa shape index (κ3) is 3.75. The Kier molecular flexibility index (Phi) is 5.50. The highest BCUT2D eigenvalue weighted by molar-refractivity contribution is 5.75. The van der Waals surface area contributed by atoms with Gasteiger partial charge in [-0.2, -0.15) is 0 Å². The molecule has 0 aliphatic heterocycles. The number of hydrogen-bond acceptors (Lipinski definition) is 2. The van der Waals surface area contributed by atoms with Crippen molar-refractivity contribution in [2.45, 2.75) is 25.8 Å². The first-order valence-corrected chi connectivity index (χ1v) is 6.04. The largest absolute Gasteiger partial charge is 0.362 e. The van der Waals surface area contributed by atoms with Crippen molar-refractivity contribution in [2.24, 2.45) is 0 Å². The van der Waals surface area contributed by atoms with Crippen LogP contribution in [0, 0.1) is 0 Å². The first kappa shape index (κ1) is 13.5. The van der Waals surface area contributed by atoms with Gasteiger partial charge in [-0.1, -0.05) is 38.3 Å². The molecule has 17 heavy (non-hydrogen) atoms. The number of nitrogens with one attached hydrogen (secondary N) is 2. The Morgan fingerprint density at radius 2 is 2.12 bits per heavy atom. The highest BCUT2D eigenvalue weighted by atomic mass is 14.9. The summed E-state index contributed by atoms with van der Waals surface area (Å²) >= 11 is 0. The molecule has 92 valence electrons. The van der Waals surface area contributed by atoms with Crippen molar-refractivity contribution < 1.29 is 0 Å². The highest BCUT2D eigenvalue weighted by Crippen LogP contribution is 2.26. The smallest absolute Gasteiger partial charge is 0.0455 e. The zero-order valence-electron chi connectivity index (χ0n) is 10.8. The van der Waals surface area contributed by atoms with Crippen LogP contribution in [0.4, 0.5) is 5.69 Å². The van der Waals surface area contributed by atoms with E-state index in [4.69, 9.17) is 0 Å². The Labute approximate surface area is 104 Å². The molecular formula is C15H22N2. The predicted octanol–water partition coefficient (Wildman–Crippen LogP) is 3.64. The molecule has 0 fully saturated rings. The zero-order chi connectivity index (χ0) is 12.7. The minimum atomic E-state index is 0.485. The Hall–Kier alpha value is -1.54. The zero-order valence-corrected chi connectivity index (χ0v) is 10.8. The maximum absolute atomic E-state index is 4.19. The topological polar surface area (TPSA) is 24.1 Å². The molecule has 0 aliphatic rings. The van der Waals surface area contributed by atoms with Gasteiger partial charge in [-0.15, -0.1) is 0 Å². The van der Waals surface area contributed by atoms with Crippen LogP contribution < -0.4 is 10.6 Å². The van der Waals surface area contributed by atoms with Crippen LogP contribution in [0.2, 0.25) is 0 Å². The fourth-order valence-electron chi connectivity index (χ4n) is 1.89. The molecule has 1 rings (SSSR count). The summed E-state index contributed by atoms with van der Waals surface area (Å²) in [6.45, 7) is 10.1. The molecule has 0 aliphatic carbocycles. The van der Waals surface area contributed by atoms with Crippen LogP contribution in [0.5, 0.6) is 0 Å². The molecule has 2 heteroatoms. The molecule has 0 aromatic heterocycles. The Balaban J connectivity index is 2.84. The van der Waals surface area contributed by atoms with Crippen LogP contribution in [0.1, 0.15) is 25.3 Å². The van der Waals surface area contributed by atoms with Gasteiger partial charge < -0.3 is 10.6 Å². The first-order chi connectivity index (χ1) is 8.22. The van der Waals surface area contributed by atoms with Gasteiger partial charge >= 0.3 is 0 Å². The lowest BCUT2D eigenvalue weighted by Gasteiger charge is -2.17. The summed E-state index contributed by atoms with van der Waals surface area (Å²) in [5.41, 5.74) is 3.38. The molecule has 0 saturated carbocycles. The number of anilines is 1. The average molecular weight is 230 g/mol. The molecule has 0 radical (unpaired) electrons. The lowest BCUT2D eigenvalue weighted by atomic mass is 9.97. The molecule has 1 aromatic rings. The van der Waals surface area contributed by atoms with E-state index in [1.807, 2.05) is 25.2 Å². The van der Waals surface area contributed by atoms with Crippen LogP contribution in [0.3, 0.4) is 0 Å². The number of para-hydroxylation sites is 1. The lowest BCUT2D eigenvalue weighted by molar-refractivity contribution is 0.558. The van der Waals surface area contributed by atoms with Gasteiger partial charge in [0.2, 0.25) is 0 Å². The van der Waals surface area contributed by atoms with Gasteiger partial charge in [0.05, 0.1) is 0 Å². The fourth-order valence-corrected chi connectivity index (χ4v) is 1.89.